The fourth-order valence-electron chi connectivity index (χ4n) is 3.99. The van der Waals surface area contributed by atoms with E-state index in [2.05, 4.69) is 9.37 Å². The Hall–Kier alpha value is -3.40. The average molecular weight is 535 g/mol. The van der Waals surface area contributed by atoms with Gasteiger partial charge >= 0.3 is 0 Å². The third-order valence-electron chi connectivity index (χ3n) is 5.43. The van der Waals surface area contributed by atoms with Crippen LogP contribution in [0.3, 0.4) is 0 Å². The molecule has 2 heterocycles. The van der Waals surface area contributed by atoms with Gasteiger partial charge in [-0.2, -0.15) is 8.42 Å². The number of anilines is 2. The lowest BCUT2D eigenvalue weighted by Crippen LogP contribution is -2.37. The molecule has 2 aliphatic rings. The summed E-state index contributed by atoms with van der Waals surface area (Å²) < 4.78 is 35.9. The number of rotatable bonds is 8. The maximum absolute atomic E-state index is 13.5. The van der Waals surface area contributed by atoms with Gasteiger partial charge in [0.05, 0.1) is 17.1 Å². The van der Waals surface area contributed by atoms with Crippen molar-refractivity contribution >= 4 is 56.9 Å². The van der Waals surface area contributed by atoms with Crippen LogP contribution in [0.1, 0.15) is 33.6 Å². The van der Waals surface area contributed by atoms with Crippen LogP contribution in [-0.4, -0.2) is 53.1 Å². The Morgan fingerprint density at radius 1 is 0.833 bits per heavy atom. The molecule has 0 aliphatic carbocycles. The molecule has 188 valence electrons. The smallest absolute Gasteiger partial charge is 0.265 e. The first-order chi connectivity index (χ1) is 17.2. The summed E-state index contributed by atoms with van der Waals surface area (Å²) in [5.74, 6) is -3.74. The van der Waals surface area contributed by atoms with E-state index in [9.17, 15) is 27.6 Å². The van der Waals surface area contributed by atoms with Gasteiger partial charge in [-0.3, -0.25) is 33.5 Å². The lowest BCUT2D eigenvalue weighted by molar-refractivity contribution is -0.432. The van der Waals surface area contributed by atoms with Crippen LogP contribution in [0.4, 0.5) is 11.4 Å². The van der Waals surface area contributed by atoms with Crippen molar-refractivity contribution in [1.82, 2.24) is 0 Å². The Kier molecular flexibility index (Phi) is 7.35. The predicted octanol–water partition coefficient (Wildman–Crippen LogP) is 2.39. The van der Waals surface area contributed by atoms with Crippen molar-refractivity contribution in [3.63, 3.8) is 0 Å². The summed E-state index contributed by atoms with van der Waals surface area (Å²) in [5.41, 5.74) is -0.218. The minimum absolute atomic E-state index is 0.0139. The Bertz CT molecular complexity index is 1400. The maximum atomic E-state index is 13.5. The number of hydrogen-bond acceptors (Lipinski definition) is 10. The molecule has 0 bridgehead atoms. The predicted molar refractivity (Wildman–Crippen MR) is 126 cm³/mol. The molecule has 4 rings (SSSR count). The number of hydrogen-bond donors (Lipinski definition) is 2. The SMILES string of the molecule is O=C1/C(=C2/C(=O)c3ccccc3N2C(=O)CCS(=O)(=O)O)N(C(=O)CCSOOO)c2ccccc21. The molecule has 14 heteroatoms. The molecule has 2 N–H and O–H groups in total. The maximum Gasteiger partial charge on any atom is 0.265 e. The molecule has 0 radical (unpaired) electrons. The van der Waals surface area contributed by atoms with Gasteiger partial charge in [0, 0.05) is 41.8 Å². The van der Waals surface area contributed by atoms with Crippen molar-refractivity contribution in [2.75, 3.05) is 21.3 Å². The van der Waals surface area contributed by atoms with Crippen molar-refractivity contribution in [2.45, 2.75) is 12.8 Å². The molecular formula is C22H18N2O10S2. The number of amides is 2. The number of carbonyl (C=O) groups is 4. The molecule has 2 amide bonds. The van der Waals surface area contributed by atoms with E-state index in [4.69, 9.17) is 9.81 Å². The van der Waals surface area contributed by atoms with E-state index < -0.39 is 51.4 Å². The van der Waals surface area contributed by atoms with Crippen LogP contribution >= 0.6 is 12.0 Å². The zero-order valence-electron chi connectivity index (χ0n) is 18.3. The van der Waals surface area contributed by atoms with E-state index in [1.165, 1.54) is 24.3 Å². The highest BCUT2D eigenvalue weighted by Gasteiger charge is 2.46. The van der Waals surface area contributed by atoms with Gasteiger partial charge in [-0.1, -0.05) is 29.3 Å². The highest BCUT2D eigenvalue weighted by Crippen LogP contribution is 2.43. The van der Waals surface area contributed by atoms with Crippen LogP contribution in [0.5, 0.6) is 0 Å². The molecule has 2 aromatic carbocycles. The van der Waals surface area contributed by atoms with Crippen molar-refractivity contribution in [3.8, 4) is 0 Å². The number of carbonyl (C=O) groups excluding carboxylic acids is 4. The Balaban J connectivity index is 1.85. The zero-order valence-corrected chi connectivity index (χ0v) is 20.0. The summed E-state index contributed by atoms with van der Waals surface area (Å²) >= 11 is 0.628. The molecule has 36 heavy (non-hydrogen) atoms. The Morgan fingerprint density at radius 3 is 1.78 bits per heavy atom. The summed E-state index contributed by atoms with van der Waals surface area (Å²) in [4.78, 5) is 55.3. The molecule has 0 unspecified atom stereocenters. The van der Waals surface area contributed by atoms with Gasteiger partial charge in [0.2, 0.25) is 23.4 Å². The zero-order chi connectivity index (χ0) is 26.0. The molecule has 2 aliphatic heterocycles. The molecule has 12 nitrogen and oxygen atoms in total. The van der Waals surface area contributed by atoms with Gasteiger partial charge in [-0.15, -0.1) is 4.33 Å². The van der Waals surface area contributed by atoms with Crippen LogP contribution in [-0.2, 0) is 29.1 Å². The normalized spacial score (nSPS) is 16.9. The number of Topliss-reactive ketones (excluding diaryl/α,β-unsaturated/α-hetero) is 2. The first-order valence-electron chi connectivity index (χ1n) is 10.4. The second-order valence-electron chi connectivity index (χ2n) is 7.60. The average Bonchev–Trinajstić information content (AvgIpc) is 3.31. The summed E-state index contributed by atoms with van der Waals surface area (Å²) in [6.45, 7) is 0. The lowest BCUT2D eigenvalue weighted by Gasteiger charge is -2.24. The van der Waals surface area contributed by atoms with E-state index in [-0.39, 0.29) is 40.4 Å². The highest BCUT2D eigenvalue weighted by molar-refractivity contribution is 7.94. The van der Waals surface area contributed by atoms with Crippen molar-refractivity contribution in [3.05, 3.63) is 71.1 Å². The Morgan fingerprint density at radius 2 is 1.31 bits per heavy atom. The van der Waals surface area contributed by atoms with Crippen molar-refractivity contribution in [2.24, 2.45) is 0 Å². The lowest BCUT2D eigenvalue weighted by atomic mass is 10.1. The molecule has 2 aromatic rings. The van der Waals surface area contributed by atoms with Crippen LogP contribution in [0.25, 0.3) is 0 Å². The van der Waals surface area contributed by atoms with E-state index in [1.54, 1.807) is 24.3 Å². The van der Waals surface area contributed by atoms with E-state index >= 15 is 0 Å². The van der Waals surface area contributed by atoms with Crippen LogP contribution in [0, 0.1) is 0 Å². The molecule has 0 saturated carbocycles. The first-order valence-corrected chi connectivity index (χ1v) is 12.9. The fourth-order valence-corrected chi connectivity index (χ4v) is 4.79. The molecule has 0 saturated heterocycles. The number of benzene rings is 2. The van der Waals surface area contributed by atoms with Gasteiger partial charge in [-0.25, -0.2) is 5.26 Å². The van der Waals surface area contributed by atoms with Gasteiger partial charge in [0.15, 0.2) is 0 Å². The molecular weight excluding hydrogens is 516 g/mol. The molecule has 0 aromatic heterocycles. The van der Waals surface area contributed by atoms with Crippen molar-refractivity contribution in [1.29, 1.82) is 0 Å². The number of nitrogens with zero attached hydrogens (tertiary/aromatic N) is 2. The fraction of sp³-hybridized carbons (Fsp3) is 0.182. The van der Waals surface area contributed by atoms with Crippen LogP contribution in [0.2, 0.25) is 0 Å². The minimum atomic E-state index is -4.49. The number of ketones is 2. The highest BCUT2D eigenvalue weighted by atomic mass is 32.2. The van der Waals surface area contributed by atoms with Crippen LogP contribution < -0.4 is 9.80 Å². The van der Waals surface area contributed by atoms with Gasteiger partial charge < -0.3 is 0 Å². The quantitative estimate of drug-likeness (QED) is 0.127. The van der Waals surface area contributed by atoms with Gasteiger partial charge in [0.1, 0.15) is 11.4 Å². The van der Waals surface area contributed by atoms with Crippen molar-refractivity contribution < 1.29 is 46.8 Å². The summed E-state index contributed by atoms with van der Waals surface area (Å²) in [6, 6.07) is 12.2. The summed E-state index contributed by atoms with van der Waals surface area (Å²) in [6.07, 6.45) is -0.883. The first kappa shape index (κ1) is 25.7. The molecule has 0 fully saturated rings. The van der Waals surface area contributed by atoms with E-state index in [1.807, 2.05) is 0 Å². The molecule has 0 spiro atoms. The summed E-state index contributed by atoms with van der Waals surface area (Å²) in [7, 11) is -4.49. The van der Waals surface area contributed by atoms with E-state index in [0.717, 1.165) is 9.80 Å². The number of allylic oxidation sites excluding steroid dienone is 2. The largest absolute Gasteiger partial charge is 0.287 e. The summed E-state index contributed by atoms with van der Waals surface area (Å²) in [5, 5.41) is 11.8. The van der Waals surface area contributed by atoms with Gasteiger partial charge in [0.25, 0.3) is 10.1 Å². The van der Waals surface area contributed by atoms with Gasteiger partial charge in [-0.05, 0) is 24.3 Å². The monoisotopic (exact) mass is 534 g/mol. The Labute approximate surface area is 208 Å². The topological polar surface area (TPSA) is 168 Å². The minimum Gasteiger partial charge on any atom is -0.287 e. The van der Waals surface area contributed by atoms with Crippen LogP contribution in [0.15, 0.2) is 59.9 Å². The second-order valence-corrected chi connectivity index (χ2v) is 9.95. The standard InChI is InChI=1S/C22H18N2O10S2/c25-17(9-11-35-34-33-29)23-15-7-3-1-5-13(15)21(27)19(23)20-22(28)14-6-2-4-8-16(14)24(20)18(26)10-12-36(30,31)32/h1-8,29H,9-12H2,(H,30,31,32)/b20-19+. The third kappa shape index (κ3) is 4.82. The number of fused-ring (bicyclic) bond motifs is 2. The second kappa shape index (κ2) is 10.3. The third-order valence-corrected chi connectivity index (χ3v) is 6.68. The molecule has 0 atom stereocenters. The number of para-hydroxylation sites is 2. The van der Waals surface area contributed by atoms with E-state index in [0.29, 0.717) is 12.0 Å².